The van der Waals surface area contributed by atoms with Gasteiger partial charge in [-0.1, -0.05) is 11.6 Å². The second kappa shape index (κ2) is 5.72. The van der Waals surface area contributed by atoms with Crippen LogP contribution in [0.3, 0.4) is 0 Å². The molecule has 3 rings (SSSR count). The van der Waals surface area contributed by atoms with E-state index in [1.54, 1.807) is 6.20 Å². The van der Waals surface area contributed by atoms with Crippen LogP contribution in [0.15, 0.2) is 12.3 Å². The van der Waals surface area contributed by atoms with Crippen LogP contribution in [0.1, 0.15) is 6.92 Å². The molecule has 1 N–H and O–H groups in total. The third kappa shape index (κ3) is 2.59. The molecule has 0 saturated carbocycles. The van der Waals surface area contributed by atoms with Crippen molar-refractivity contribution in [3.05, 3.63) is 17.3 Å². The Hall–Kier alpha value is -1.73. The molecule has 0 bridgehead atoms. The van der Waals surface area contributed by atoms with Crippen molar-refractivity contribution >= 4 is 17.4 Å². The minimum atomic E-state index is 0.549. The van der Waals surface area contributed by atoms with Gasteiger partial charge in [0.2, 0.25) is 5.82 Å². The number of piperazine rings is 1. The van der Waals surface area contributed by atoms with Gasteiger partial charge in [-0.3, -0.25) is 0 Å². The van der Waals surface area contributed by atoms with Crippen LogP contribution in [0.5, 0.6) is 0 Å². The van der Waals surface area contributed by atoms with E-state index < -0.39 is 0 Å². The Morgan fingerprint density at radius 2 is 2.15 bits per heavy atom. The van der Waals surface area contributed by atoms with Gasteiger partial charge in [-0.05, 0) is 18.2 Å². The number of tetrazole rings is 1. The molecule has 1 aliphatic rings. The standard InChI is InChI=1S/C12H16ClN7/c1-2-20-17-11(16-18-20)9-7-10(13)12(15-8-9)19-5-3-14-4-6-19/h7-8,14H,2-6H2,1H3. The van der Waals surface area contributed by atoms with Crippen LogP contribution < -0.4 is 10.2 Å². The number of rotatable bonds is 3. The largest absolute Gasteiger partial charge is 0.353 e. The molecule has 0 aliphatic carbocycles. The van der Waals surface area contributed by atoms with Crippen LogP contribution in [0.2, 0.25) is 5.02 Å². The van der Waals surface area contributed by atoms with Gasteiger partial charge in [-0.15, -0.1) is 10.2 Å². The molecule has 0 radical (unpaired) electrons. The summed E-state index contributed by atoms with van der Waals surface area (Å²) in [6.07, 6.45) is 1.75. The molecule has 1 saturated heterocycles. The first-order chi connectivity index (χ1) is 9.78. The lowest BCUT2D eigenvalue weighted by Crippen LogP contribution is -2.44. The third-order valence-corrected chi connectivity index (χ3v) is 3.51. The van der Waals surface area contributed by atoms with Gasteiger partial charge in [-0.25, -0.2) is 4.98 Å². The summed E-state index contributed by atoms with van der Waals surface area (Å²) in [5.41, 5.74) is 0.786. The number of hydrogen-bond acceptors (Lipinski definition) is 6. The van der Waals surface area contributed by atoms with E-state index in [9.17, 15) is 0 Å². The van der Waals surface area contributed by atoms with E-state index in [4.69, 9.17) is 11.6 Å². The zero-order chi connectivity index (χ0) is 13.9. The molecule has 1 fully saturated rings. The van der Waals surface area contributed by atoms with Crippen LogP contribution in [0, 0.1) is 0 Å². The summed E-state index contributed by atoms with van der Waals surface area (Å²) in [6.45, 7) is 6.38. The molecular weight excluding hydrogens is 278 g/mol. The molecule has 0 spiro atoms. The first-order valence-electron chi connectivity index (χ1n) is 6.67. The predicted octanol–water partition coefficient (Wildman–Crippen LogP) is 0.818. The molecule has 0 amide bonds. The summed E-state index contributed by atoms with van der Waals surface area (Å²) in [5.74, 6) is 1.37. The number of nitrogens with one attached hydrogen (secondary N) is 1. The lowest BCUT2D eigenvalue weighted by atomic mass is 10.2. The van der Waals surface area contributed by atoms with Gasteiger partial charge >= 0.3 is 0 Å². The van der Waals surface area contributed by atoms with Crippen molar-refractivity contribution < 1.29 is 0 Å². The maximum atomic E-state index is 6.35. The third-order valence-electron chi connectivity index (χ3n) is 3.23. The smallest absolute Gasteiger partial charge is 0.206 e. The maximum Gasteiger partial charge on any atom is 0.206 e. The number of nitrogens with zero attached hydrogens (tertiary/aromatic N) is 6. The molecule has 7 nitrogen and oxygen atoms in total. The summed E-state index contributed by atoms with van der Waals surface area (Å²) in [4.78, 5) is 8.18. The summed E-state index contributed by atoms with van der Waals surface area (Å²) in [5, 5.41) is 16.1. The van der Waals surface area contributed by atoms with Gasteiger partial charge < -0.3 is 10.2 Å². The minimum absolute atomic E-state index is 0.549. The van der Waals surface area contributed by atoms with Gasteiger partial charge in [0, 0.05) is 37.9 Å². The first-order valence-corrected chi connectivity index (χ1v) is 7.05. The fourth-order valence-corrected chi connectivity index (χ4v) is 2.44. The molecule has 8 heteroatoms. The van der Waals surface area contributed by atoms with Crippen LogP contribution >= 0.6 is 11.6 Å². The first kappa shape index (κ1) is 13.3. The van der Waals surface area contributed by atoms with Crippen LogP contribution in [0.4, 0.5) is 5.82 Å². The fraction of sp³-hybridized carbons (Fsp3) is 0.500. The summed E-state index contributed by atoms with van der Waals surface area (Å²) in [6, 6.07) is 1.85. The van der Waals surface area contributed by atoms with Crippen molar-refractivity contribution in [1.82, 2.24) is 30.5 Å². The minimum Gasteiger partial charge on any atom is -0.353 e. The zero-order valence-corrected chi connectivity index (χ0v) is 12.0. The normalized spacial score (nSPS) is 15.6. The van der Waals surface area contributed by atoms with Crippen LogP contribution in [-0.4, -0.2) is 51.4 Å². The molecule has 2 aromatic rings. The van der Waals surface area contributed by atoms with E-state index >= 15 is 0 Å². The summed E-state index contributed by atoms with van der Waals surface area (Å²) in [7, 11) is 0. The van der Waals surface area contributed by atoms with Crippen molar-refractivity contribution in [3.8, 4) is 11.4 Å². The highest BCUT2D eigenvalue weighted by atomic mass is 35.5. The van der Waals surface area contributed by atoms with Gasteiger partial charge in [0.1, 0.15) is 5.82 Å². The molecule has 3 heterocycles. The average Bonchev–Trinajstić information content (AvgIpc) is 2.97. The molecule has 20 heavy (non-hydrogen) atoms. The molecule has 1 aliphatic heterocycles. The Labute approximate surface area is 121 Å². The molecule has 0 aromatic carbocycles. The molecule has 0 unspecified atom stereocenters. The number of halogens is 1. The number of pyridine rings is 1. The molecular formula is C12H16ClN7. The van der Waals surface area contributed by atoms with E-state index in [0.29, 0.717) is 17.4 Å². The topological polar surface area (TPSA) is 71.8 Å². The number of anilines is 1. The average molecular weight is 294 g/mol. The van der Waals surface area contributed by atoms with Crippen molar-refractivity contribution in [1.29, 1.82) is 0 Å². The Kier molecular flexibility index (Phi) is 3.79. The highest BCUT2D eigenvalue weighted by molar-refractivity contribution is 6.33. The molecule has 106 valence electrons. The van der Waals surface area contributed by atoms with E-state index in [-0.39, 0.29) is 0 Å². The predicted molar refractivity (Wildman–Crippen MR) is 76.8 cm³/mol. The van der Waals surface area contributed by atoms with E-state index in [0.717, 1.165) is 37.6 Å². The fourth-order valence-electron chi connectivity index (χ4n) is 2.16. The van der Waals surface area contributed by atoms with Crippen molar-refractivity contribution in [2.45, 2.75) is 13.5 Å². The monoisotopic (exact) mass is 293 g/mol. The van der Waals surface area contributed by atoms with Crippen LogP contribution in [0.25, 0.3) is 11.4 Å². The lowest BCUT2D eigenvalue weighted by molar-refractivity contribution is 0.552. The number of hydrogen-bond donors (Lipinski definition) is 1. The maximum absolute atomic E-state index is 6.35. The second-order valence-electron chi connectivity index (χ2n) is 4.57. The SMILES string of the molecule is CCn1nnc(-c2cnc(N3CCNCC3)c(Cl)c2)n1. The van der Waals surface area contributed by atoms with E-state index in [1.165, 1.54) is 4.80 Å². The van der Waals surface area contributed by atoms with Crippen molar-refractivity contribution in [3.63, 3.8) is 0 Å². The highest BCUT2D eigenvalue weighted by Gasteiger charge is 2.16. The van der Waals surface area contributed by atoms with Gasteiger partial charge in [0.05, 0.1) is 11.6 Å². The lowest BCUT2D eigenvalue weighted by Gasteiger charge is -2.29. The molecule has 0 atom stereocenters. The molecule has 2 aromatic heterocycles. The zero-order valence-electron chi connectivity index (χ0n) is 11.3. The Balaban J connectivity index is 1.86. The Morgan fingerprint density at radius 1 is 1.35 bits per heavy atom. The van der Waals surface area contributed by atoms with Gasteiger partial charge in [0.25, 0.3) is 0 Å². The van der Waals surface area contributed by atoms with E-state index in [1.807, 2.05) is 13.0 Å². The Bertz CT molecular complexity index is 591. The summed E-state index contributed by atoms with van der Waals surface area (Å²) < 4.78 is 0. The quantitative estimate of drug-likeness (QED) is 0.903. The highest BCUT2D eigenvalue weighted by Crippen LogP contribution is 2.27. The second-order valence-corrected chi connectivity index (χ2v) is 4.98. The van der Waals surface area contributed by atoms with Crippen molar-refractivity contribution in [2.75, 3.05) is 31.1 Å². The van der Waals surface area contributed by atoms with Crippen LogP contribution in [-0.2, 0) is 6.54 Å². The Morgan fingerprint density at radius 3 is 2.80 bits per heavy atom. The van der Waals surface area contributed by atoms with Crippen molar-refractivity contribution in [2.24, 2.45) is 0 Å². The summed E-state index contributed by atoms with van der Waals surface area (Å²) >= 11 is 6.35. The van der Waals surface area contributed by atoms with Gasteiger partial charge in [-0.2, -0.15) is 4.80 Å². The number of aryl methyl sites for hydroxylation is 1. The number of aromatic nitrogens is 5. The van der Waals surface area contributed by atoms with Gasteiger partial charge in [0.15, 0.2) is 0 Å². The van der Waals surface area contributed by atoms with E-state index in [2.05, 4.69) is 30.6 Å².